The number of aromatic nitrogens is 2. The van der Waals surface area contributed by atoms with Gasteiger partial charge in [0.25, 0.3) is 0 Å². The lowest BCUT2D eigenvalue weighted by Gasteiger charge is -2.13. The molecule has 0 saturated heterocycles. The van der Waals surface area contributed by atoms with Crippen molar-refractivity contribution in [2.75, 3.05) is 5.32 Å². The number of aryl methyl sites for hydroxylation is 2. The lowest BCUT2D eigenvalue weighted by atomic mass is 10.2. The molecule has 26 heavy (non-hydrogen) atoms. The molecule has 134 valence electrons. The van der Waals surface area contributed by atoms with Crippen LogP contribution in [0.25, 0.3) is 10.2 Å². The topological polar surface area (TPSA) is 54.9 Å². The zero-order valence-corrected chi connectivity index (χ0v) is 15.5. The number of fused-ring (bicyclic) bond motifs is 3. The van der Waals surface area contributed by atoms with Crippen LogP contribution >= 0.6 is 23.1 Å². The van der Waals surface area contributed by atoms with Crippen molar-refractivity contribution in [3.8, 4) is 0 Å². The van der Waals surface area contributed by atoms with E-state index in [-0.39, 0.29) is 5.69 Å². The number of thioether (sulfide) groups is 1. The number of rotatable bonds is 4. The molecule has 1 aliphatic carbocycles. The Labute approximate surface area is 157 Å². The third-order valence-electron chi connectivity index (χ3n) is 4.31. The second-order valence-electron chi connectivity index (χ2n) is 6.09. The molecule has 0 radical (unpaired) electrons. The Bertz CT molecular complexity index is 1010. The highest BCUT2D eigenvalue weighted by atomic mass is 32.2. The number of nitrogens with one attached hydrogen (secondary N) is 1. The number of halogens is 2. The van der Waals surface area contributed by atoms with E-state index in [9.17, 15) is 13.6 Å². The minimum atomic E-state index is -0.669. The molecule has 2 aromatic heterocycles. The van der Waals surface area contributed by atoms with Gasteiger partial charge in [0.15, 0.2) is 0 Å². The summed E-state index contributed by atoms with van der Waals surface area (Å²) in [5, 5.41) is 3.72. The van der Waals surface area contributed by atoms with E-state index >= 15 is 0 Å². The lowest BCUT2D eigenvalue weighted by molar-refractivity contribution is -0.115. The Morgan fingerprint density at radius 1 is 1.31 bits per heavy atom. The van der Waals surface area contributed by atoms with Crippen molar-refractivity contribution in [3.63, 3.8) is 0 Å². The first-order valence-corrected chi connectivity index (χ1v) is 9.90. The van der Waals surface area contributed by atoms with Crippen molar-refractivity contribution in [1.82, 2.24) is 9.97 Å². The summed E-state index contributed by atoms with van der Waals surface area (Å²) in [5.74, 6) is -1.68. The molecule has 0 saturated carbocycles. The van der Waals surface area contributed by atoms with Crippen LogP contribution in [0.3, 0.4) is 0 Å². The fourth-order valence-corrected chi connectivity index (χ4v) is 5.28. The predicted octanol–water partition coefficient (Wildman–Crippen LogP) is 4.58. The van der Waals surface area contributed by atoms with Gasteiger partial charge in [-0.15, -0.1) is 11.3 Å². The summed E-state index contributed by atoms with van der Waals surface area (Å²) >= 11 is 2.99. The first-order valence-electron chi connectivity index (χ1n) is 8.20. The first kappa shape index (κ1) is 17.4. The summed E-state index contributed by atoms with van der Waals surface area (Å²) in [5.41, 5.74) is 1.13. The van der Waals surface area contributed by atoms with E-state index in [1.807, 2.05) is 0 Å². The maximum absolute atomic E-state index is 13.7. The number of anilines is 1. The minimum absolute atomic E-state index is 0.160. The van der Waals surface area contributed by atoms with Gasteiger partial charge in [0.2, 0.25) is 5.91 Å². The highest BCUT2D eigenvalue weighted by molar-refractivity contribution is 8.00. The van der Waals surface area contributed by atoms with Crippen LogP contribution in [0.2, 0.25) is 0 Å². The van der Waals surface area contributed by atoms with E-state index in [0.717, 1.165) is 52.7 Å². The molecule has 1 N–H and O–H groups in total. The second-order valence-corrected chi connectivity index (χ2v) is 8.50. The van der Waals surface area contributed by atoms with Crippen molar-refractivity contribution >= 4 is 44.9 Å². The van der Waals surface area contributed by atoms with Gasteiger partial charge in [-0.2, -0.15) is 0 Å². The van der Waals surface area contributed by atoms with Gasteiger partial charge in [-0.05, 0) is 43.9 Å². The number of carbonyl (C=O) groups excluding carboxylic acids is 1. The van der Waals surface area contributed by atoms with Crippen LogP contribution in [0, 0.1) is 11.6 Å². The molecule has 1 aromatic carbocycles. The van der Waals surface area contributed by atoms with Gasteiger partial charge in [-0.3, -0.25) is 4.79 Å². The average molecular weight is 391 g/mol. The van der Waals surface area contributed by atoms with Gasteiger partial charge in [0.1, 0.15) is 27.8 Å². The summed E-state index contributed by atoms with van der Waals surface area (Å²) in [4.78, 5) is 23.4. The standard InChI is InChI=1S/C18H15F2N3OS2/c1-9(16(24)23-13-7-10(19)5-6-12(13)20)25-17-15-11-3-2-4-14(11)26-18(15)22-8-21-17/h5-9H,2-4H2,1H3,(H,23,24)/t9-/m0/s1. The first-order chi connectivity index (χ1) is 12.5. The van der Waals surface area contributed by atoms with Gasteiger partial charge < -0.3 is 5.32 Å². The molecule has 1 atom stereocenters. The number of benzene rings is 1. The second kappa shape index (κ2) is 6.92. The number of hydrogen-bond donors (Lipinski definition) is 1. The Kier molecular flexibility index (Phi) is 4.62. The highest BCUT2D eigenvalue weighted by Crippen LogP contribution is 2.40. The lowest BCUT2D eigenvalue weighted by Crippen LogP contribution is -2.23. The number of carbonyl (C=O) groups is 1. The van der Waals surface area contributed by atoms with Crippen LogP contribution in [-0.2, 0) is 17.6 Å². The summed E-state index contributed by atoms with van der Waals surface area (Å²) in [7, 11) is 0. The number of amides is 1. The van der Waals surface area contributed by atoms with Gasteiger partial charge in [0, 0.05) is 16.3 Å². The molecular weight excluding hydrogens is 376 g/mol. The Hall–Kier alpha value is -2.06. The van der Waals surface area contributed by atoms with E-state index in [4.69, 9.17) is 0 Å². The van der Waals surface area contributed by atoms with E-state index in [1.54, 1.807) is 18.3 Å². The molecule has 0 unspecified atom stereocenters. The van der Waals surface area contributed by atoms with Crippen LogP contribution in [-0.4, -0.2) is 21.1 Å². The van der Waals surface area contributed by atoms with Crippen molar-refractivity contribution in [2.24, 2.45) is 0 Å². The minimum Gasteiger partial charge on any atom is -0.323 e. The van der Waals surface area contributed by atoms with Crippen LogP contribution in [0.15, 0.2) is 29.6 Å². The Morgan fingerprint density at radius 3 is 3.00 bits per heavy atom. The molecule has 1 amide bonds. The molecule has 4 rings (SSSR count). The SMILES string of the molecule is C[C@H](Sc1ncnc2sc3c(c12)CCC3)C(=O)Nc1cc(F)ccc1F. The summed E-state index contributed by atoms with van der Waals surface area (Å²) < 4.78 is 27.0. The molecule has 2 heterocycles. The Morgan fingerprint density at radius 2 is 2.15 bits per heavy atom. The fraction of sp³-hybridized carbons (Fsp3) is 0.278. The van der Waals surface area contributed by atoms with Crippen molar-refractivity contribution in [2.45, 2.75) is 36.5 Å². The molecule has 1 aliphatic rings. The maximum Gasteiger partial charge on any atom is 0.237 e. The smallest absolute Gasteiger partial charge is 0.237 e. The van der Waals surface area contributed by atoms with Crippen molar-refractivity contribution < 1.29 is 13.6 Å². The summed E-state index contributed by atoms with van der Waals surface area (Å²) in [6, 6.07) is 2.97. The van der Waals surface area contributed by atoms with Crippen LogP contribution in [0.4, 0.5) is 14.5 Å². The average Bonchev–Trinajstić information content (AvgIpc) is 3.19. The molecule has 8 heteroatoms. The van der Waals surface area contributed by atoms with Gasteiger partial charge in [-0.25, -0.2) is 18.7 Å². The quantitative estimate of drug-likeness (QED) is 0.523. The molecule has 0 spiro atoms. The molecule has 0 fully saturated rings. The van der Waals surface area contributed by atoms with Gasteiger partial charge in [-0.1, -0.05) is 11.8 Å². The van der Waals surface area contributed by atoms with Crippen molar-refractivity contribution in [3.05, 3.63) is 46.6 Å². The third kappa shape index (κ3) is 3.19. The summed E-state index contributed by atoms with van der Waals surface area (Å²) in [6.07, 6.45) is 4.71. The molecule has 3 aromatic rings. The molecule has 0 aliphatic heterocycles. The molecule has 0 bridgehead atoms. The van der Waals surface area contributed by atoms with Gasteiger partial charge in [0.05, 0.1) is 10.9 Å². The van der Waals surface area contributed by atoms with E-state index in [0.29, 0.717) is 0 Å². The molecular formula is C18H15F2N3OS2. The van der Waals surface area contributed by atoms with E-state index in [1.165, 1.54) is 28.5 Å². The zero-order valence-electron chi connectivity index (χ0n) is 13.9. The number of hydrogen-bond acceptors (Lipinski definition) is 5. The number of nitrogens with zero attached hydrogens (tertiary/aromatic N) is 2. The van der Waals surface area contributed by atoms with Crippen molar-refractivity contribution in [1.29, 1.82) is 0 Å². The van der Waals surface area contributed by atoms with E-state index in [2.05, 4.69) is 15.3 Å². The van der Waals surface area contributed by atoms with Gasteiger partial charge >= 0.3 is 0 Å². The normalized spacial score (nSPS) is 14.4. The van der Waals surface area contributed by atoms with Crippen LogP contribution in [0.1, 0.15) is 23.8 Å². The highest BCUT2D eigenvalue weighted by Gasteiger charge is 2.24. The maximum atomic E-state index is 13.7. The predicted molar refractivity (Wildman–Crippen MR) is 99.7 cm³/mol. The number of thiophene rings is 1. The summed E-state index contributed by atoms with van der Waals surface area (Å²) in [6.45, 7) is 1.72. The largest absolute Gasteiger partial charge is 0.323 e. The van der Waals surface area contributed by atoms with E-state index < -0.39 is 22.8 Å². The fourth-order valence-electron chi connectivity index (χ4n) is 3.04. The zero-order chi connectivity index (χ0) is 18.3. The Balaban J connectivity index is 1.56. The molecule has 4 nitrogen and oxygen atoms in total. The van der Waals surface area contributed by atoms with Crippen LogP contribution < -0.4 is 5.32 Å². The van der Waals surface area contributed by atoms with Crippen LogP contribution in [0.5, 0.6) is 0 Å². The monoisotopic (exact) mass is 391 g/mol. The third-order valence-corrected chi connectivity index (χ3v) is 6.61.